The number of aromatic amines is 1. The van der Waals surface area contributed by atoms with Crippen molar-refractivity contribution in [2.75, 3.05) is 5.32 Å². The van der Waals surface area contributed by atoms with Gasteiger partial charge in [0.15, 0.2) is 23.4 Å². The number of carbonyl (C=O) groups is 2. The molecule has 1 spiro atoms. The highest BCUT2D eigenvalue weighted by Crippen LogP contribution is 2.60. The van der Waals surface area contributed by atoms with Gasteiger partial charge in [0.1, 0.15) is 29.6 Å². The van der Waals surface area contributed by atoms with Gasteiger partial charge in [0.2, 0.25) is 17.7 Å². The molecular weight excluding hydrogens is 790 g/mol. The highest BCUT2D eigenvalue weighted by molar-refractivity contribution is 9.10. The van der Waals surface area contributed by atoms with Crippen LogP contribution in [0.3, 0.4) is 0 Å². The largest absolute Gasteiger partial charge is 0.506 e. The Kier molecular flexibility index (Phi) is 8.25. The minimum absolute atomic E-state index is 0.109. The van der Waals surface area contributed by atoms with Gasteiger partial charge < -0.3 is 39.0 Å². The van der Waals surface area contributed by atoms with E-state index in [2.05, 4.69) is 31.5 Å². The monoisotopic (exact) mass is 825 g/mol. The van der Waals surface area contributed by atoms with E-state index in [1.54, 1.807) is 24.5 Å². The highest BCUT2D eigenvalue weighted by Gasteiger charge is 2.61. The average Bonchev–Trinajstić information content (AvgIpc) is 4.04. The highest BCUT2D eigenvalue weighted by atomic mass is 79.9. The normalized spacial score (nSPS) is 20.6. The standard InChI is InChI=1S/C44H36BrN5O7/c1-22(2)35-42-49-38(41-47-20-33(55-41)27-19-46-36-26(27)10-6-13-31(36)51)39(57-42)44-28-11-7-12-30(45)37(28)50-43(44)56-32-15-14-24(17-29(32)44)16-25(40(53)48-35)18-34(52)54-21-23-8-4-3-5-9-23/h3-15,17,19-20,22,25,35,43,46,50-51H,16,18,21H2,1-2H3,(H,48,53)/t25-,35+,43+,44?/m1/s1. The molecule has 0 saturated carbocycles. The van der Waals surface area contributed by atoms with Gasteiger partial charge in [0.25, 0.3) is 0 Å². The molecule has 3 aliphatic heterocycles. The third-order valence-electron chi connectivity index (χ3n) is 11.2. The maximum absolute atomic E-state index is 14.3. The van der Waals surface area contributed by atoms with E-state index in [1.165, 1.54) is 0 Å². The summed E-state index contributed by atoms with van der Waals surface area (Å²) in [5, 5.41) is 18.0. The average molecular weight is 827 g/mol. The van der Waals surface area contributed by atoms with Crippen LogP contribution in [0.4, 0.5) is 5.69 Å². The van der Waals surface area contributed by atoms with Crippen molar-refractivity contribution in [3.8, 4) is 34.4 Å². The zero-order valence-corrected chi connectivity index (χ0v) is 32.4. The van der Waals surface area contributed by atoms with Crippen LogP contribution in [0.2, 0.25) is 0 Å². The van der Waals surface area contributed by atoms with Crippen LogP contribution in [0.15, 0.2) is 111 Å². The van der Waals surface area contributed by atoms with Gasteiger partial charge in [0.05, 0.1) is 29.7 Å². The Morgan fingerprint density at radius 2 is 1.86 bits per heavy atom. The van der Waals surface area contributed by atoms with E-state index in [9.17, 15) is 14.7 Å². The number of rotatable bonds is 7. The van der Waals surface area contributed by atoms with Crippen LogP contribution in [0.5, 0.6) is 11.5 Å². The predicted molar refractivity (Wildman–Crippen MR) is 213 cm³/mol. The van der Waals surface area contributed by atoms with Crippen LogP contribution in [0, 0.1) is 11.8 Å². The number of carbonyl (C=O) groups excluding carboxylic acids is 2. The molecule has 0 radical (unpaired) electrons. The van der Waals surface area contributed by atoms with E-state index in [1.807, 2.05) is 86.6 Å². The Morgan fingerprint density at radius 3 is 2.70 bits per heavy atom. The topological polar surface area (TPSA) is 165 Å². The molecule has 3 aliphatic rings. The Hall–Kier alpha value is -6.34. The first-order valence-corrected chi connectivity index (χ1v) is 19.6. The quantitative estimate of drug-likeness (QED) is 0.115. The number of amides is 1. The van der Waals surface area contributed by atoms with Crippen molar-refractivity contribution in [3.05, 3.63) is 136 Å². The Morgan fingerprint density at radius 1 is 1.02 bits per heavy atom. The molecule has 6 heterocycles. The van der Waals surface area contributed by atoms with E-state index < -0.39 is 29.6 Å². The smallest absolute Gasteiger partial charge is 0.306 e. The second-order valence-electron chi connectivity index (χ2n) is 15.1. The number of hydrogen-bond acceptors (Lipinski definition) is 10. The summed E-state index contributed by atoms with van der Waals surface area (Å²) in [6.45, 7) is 4.06. The van der Waals surface area contributed by atoms with Crippen molar-refractivity contribution < 1.29 is 33.0 Å². The van der Waals surface area contributed by atoms with Gasteiger partial charge in [0, 0.05) is 32.7 Å². The number of benzene rings is 4. The molecule has 0 aliphatic carbocycles. The fourth-order valence-corrected chi connectivity index (χ4v) is 8.93. The molecule has 0 fully saturated rings. The molecule has 4 bridgehead atoms. The molecule has 57 heavy (non-hydrogen) atoms. The van der Waals surface area contributed by atoms with Crippen molar-refractivity contribution in [1.29, 1.82) is 0 Å². The zero-order valence-electron chi connectivity index (χ0n) is 30.8. The summed E-state index contributed by atoms with van der Waals surface area (Å²) in [4.78, 5) is 40.7. The van der Waals surface area contributed by atoms with Crippen LogP contribution in [0.1, 0.15) is 60.2 Å². The maximum Gasteiger partial charge on any atom is 0.306 e. The molecule has 12 nitrogen and oxygen atoms in total. The lowest BCUT2D eigenvalue weighted by Gasteiger charge is -2.28. The number of anilines is 1. The Balaban J connectivity index is 1.13. The molecule has 3 aromatic heterocycles. The van der Waals surface area contributed by atoms with E-state index in [-0.39, 0.29) is 48.8 Å². The van der Waals surface area contributed by atoms with E-state index in [4.69, 9.17) is 28.3 Å². The molecule has 0 saturated heterocycles. The molecule has 1 unspecified atom stereocenters. The lowest BCUT2D eigenvalue weighted by atomic mass is 9.72. The number of aromatic hydroxyl groups is 1. The molecule has 7 aromatic rings. The number of phenols is 1. The van der Waals surface area contributed by atoms with Crippen LogP contribution in [0.25, 0.3) is 33.8 Å². The van der Waals surface area contributed by atoms with Gasteiger partial charge in [-0.1, -0.05) is 80.6 Å². The SMILES string of the molecule is CC(C)[C@@H]1NC(=O)[C@@H](CC(=O)OCc2ccccc2)Cc2ccc3c(c2)C2(c4cccc(Br)c4N[C@H]2O3)c2oc1nc2-c1ncc(-c2c[nH]c3c(O)cccc23)o1. The molecule has 13 heteroatoms. The van der Waals surface area contributed by atoms with Gasteiger partial charge in [-0.3, -0.25) is 9.59 Å². The summed E-state index contributed by atoms with van der Waals surface area (Å²) >= 11 is 3.76. The number of fused-ring (bicyclic) bond motifs is 5. The first kappa shape index (κ1) is 35.1. The number of oxazole rings is 2. The van der Waals surface area contributed by atoms with E-state index in [0.29, 0.717) is 34.0 Å². The maximum atomic E-state index is 14.3. The third-order valence-corrected chi connectivity index (χ3v) is 11.9. The zero-order chi connectivity index (χ0) is 39.0. The van der Waals surface area contributed by atoms with Gasteiger partial charge in [-0.05, 0) is 57.6 Å². The lowest BCUT2D eigenvalue weighted by molar-refractivity contribution is -0.148. The van der Waals surface area contributed by atoms with Crippen molar-refractivity contribution >= 4 is 44.4 Å². The summed E-state index contributed by atoms with van der Waals surface area (Å²) < 4.78 is 26.8. The summed E-state index contributed by atoms with van der Waals surface area (Å²) in [5.41, 5.74) is 4.79. The second kappa shape index (κ2) is 13.4. The summed E-state index contributed by atoms with van der Waals surface area (Å²) in [6.07, 6.45) is 2.88. The van der Waals surface area contributed by atoms with Gasteiger partial charge in [-0.2, -0.15) is 0 Å². The van der Waals surface area contributed by atoms with Gasteiger partial charge in [-0.15, -0.1) is 0 Å². The molecule has 286 valence electrons. The molecule has 4 atom stereocenters. The fraction of sp³-hybridized carbons (Fsp3) is 0.227. The second-order valence-corrected chi connectivity index (χ2v) is 15.9. The van der Waals surface area contributed by atoms with Crippen LogP contribution in [-0.4, -0.2) is 38.2 Å². The predicted octanol–water partition coefficient (Wildman–Crippen LogP) is 8.54. The van der Waals surface area contributed by atoms with Crippen molar-refractivity contribution in [2.24, 2.45) is 11.8 Å². The number of para-hydroxylation sites is 2. The van der Waals surface area contributed by atoms with Crippen LogP contribution < -0.4 is 15.4 Å². The molecule has 1 amide bonds. The molecule has 4 aromatic carbocycles. The Bertz CT molecular complexity index is 2720. The third kappa shape index (κ3) is 5.62. The number of hydrogen-bond donors (Lipinski definition) is 4. The summed E-state index contributed by atoms with van der Waals surface area (Å²) in [5.74, 6) is 0.377. The van der Waals surface area contributed by atoms with E-state index >= 15 is 0 Å². The summed E-state index contributed by atoms with van der Waals surface area (Å²) in [7, 11) is 0. The Labute approximate surface area is 334 Å². The van der Waals surface area contributed by atoms with Crippen molar-refractivity contribution in [3.63, 3.8) is 0 Å². The minimum atomic E-state index is -1.08. The number of H-pyrrole nitrogens is 1. The molecule has 10 rings (SSSR count). The van der Waals surface area contributed by atoms with Crippen LogP contribution >= 0.6 is 15.9 Å². The van der Waals surface area contributed by atoms with Crippen LogP contribution in [-0.2, 0) is 32.8 Å². The number of esters is 1. The molecule has 4 N–H and O–H groups in total. The fourth-order valence-electron chi connectivity index (χ4n) is 8.45. The van der Waals surface area contributed by atoms with Gasteiger partial charge >= 0.3 is 5.97 Å². The summed E-state index contributed by atoms with van der Waals surface area (Å²) in [6, 6.07) is 25.9. The minimum Gasteiger partial charge on any atom is -0.506 e. The number of aromatic nitrogens is 3. The van der Waals surface area contributed by atoms with Crippen molar-refractivity contribution in [1.82, 2.24) is 20.3 Å². The van der Waals surface area contributed by atoms with Crippen molar-refractivity contribution in [2.45, 2.75) is 51.0 Å². The number of nitrogens with one attached hydrogen (secondary N) is 3. The molecular formula is C44H36BrN5O7. The number of halogens is 1. The number of ether oxygens (including phenoxy) is 2. The number of nitrogens with zero attached hydrogens (tertiary/aromatic N) is 2. The van der Waals surface area contributed by atoms with Gasteiger partial charge in [-0.25, -0.2) is 9.97 Å². The number of phenolic OH excluding ortho intramolecular Hbond substituents is 1. The lowest BCUT2D eigenvalue weighted by Crippen LogP contribution is -2.40. The first-order chi connectivity index (χ1) is 27.7. The van der Waals surface area contributed by atoms with E-state index in [0.717, 1.165) is 37.8 Å². The first-order valence-electron chi connectivity index (χ1n) is 18.8.